The van der Waals surface area contributed by atoms with Crippen molar-refractivity contribution in [3.63, 3.8) is 0 Å². The first-order valence-corrected chi connectivity index (χ1v) is 7.89. The molecule has 0 saturated carbocycles. The number of anilines is 1. The first-order chi connectivity index (χ1) is 11.6. The molecule has 1 heterocycles. The van der Waals surface area contributed by atoms with Crippen molar-refractivity contribution in [2.75, 3.05) is 24.7 Å². The monoisotopic (exact) mass is 345 g/mol. The van der Waals surface area contributed by atoms with Gasteiger partial charge in [-0.1, -0.05) is 29.8 Å². The van der Waals surface area contributed by atoms with E-state index in [1.165, 1.54) is 0 Å². The number of carbonyl (C=O) groups is 2. The van der Waals surface area contributed by atoms with E-state index in [0.717, 1.165) is 5.56 Å². The third-order valence-electron chi connectivity index (χ3n) is 3.70. The lowest BCUT2D eigenvalue weighted by molar-refractivity contribution is -0.121. The number of ether oxygens (including phenoxy) is 2. The van der Waals surface area contributed by atoms with Crippen molar-refractivity contribution in [1.29, 1.82) is 0 Å². The number of nitrogens with zero attached hydrogens (tertiary/aromatic N) is 1. The van der Waals surface area contributed by atoms with E-state index in [9.17, 15) is 9.59 Å². The second-order valence-electron chi connectivity index (χ2n) is 5.42. The van der Waals surface area contributed by atoms with Crippen LogP contribution in [-0.4, -0.2) is 31.6 Å². The number of fused-ring (bicyclic) bond motifs is 1. The highest BCUT2D eigenvalue weighted by atomic mass is 35.5. The van der Waals surface area contributed by atoms with Crippen LogP contribution < -0.4 is 9.64 Å². The van der Waals surface area contributed by atoms with E-state index in [1.807, 2.05) is 25.1 Å². The molecule has 0 aliphatic carbocycles. The minimum Gasteiger partial charge on any atom is -0.490 e. The number of esters is 1. The Kier molecular flexibility index (Phi) is 4.71. The predicted molar refractivity (Wildman–Crippen MR) is 90.8 cm³/mol. The van der Waals surface area contributed by atoms with Crippen LogP contribution in [0.4, 0.5) is 5.69 Å². The minimum atomic E-state index is -0.619. The number of benzene rings is 2. The van der Waals surface area contributed by atoms with E-state index < -0.39 is 5.97 Å². The van der Waals surface area contributed by atoms with E-state index in [1.54, 1.807) is 29.2 Å². The van der Waals surface area contributed by atoms with Gasteiger partial charge in [0, 0.05) is 0 Å². The molecule has 1 aliphatic heterocycles. The Bertz CT molecular complexity index is 790. The second kappa shape index (κ2) is 6.93. The SMILES string of the molecule is Cc1ccc2c(c1)N(C(=O)COC(=O)c1ccccc1Cl)CCO2. The van der Waals surface area contributed by atoms with Gasteiger partial charge >= 0.3 is 5.97 Å². The predicted octanol–water partition coefficient (Wildman–Crippen LogP) is 3.23. The van der Waals surface area contributed by atoms with E-state index in [-0.39, 0.29) is 18.1 Å². The summed E-state index contributed by atoms with van der Waals surface area (Å²) in [5.41, 5.74) is 1.95. The van der Waals surface area contributed by atoms with Gasteiger partial charge in [-0.15, -0.1) is 0 Å². The Morgan fingerprint density at radius 1 is 1.25 bits per heavy atom. The lowest BCUT2D eigenvalue weighted by Crippen LogP contribution is -2.40. The zero-order chi connectivity index (χ0) is 17.1. The van der Waals surface area contributed by atoms with Gasteiger partial charge in [-0.2, -0.15) is 0 Å². The number of hydrogen-bond donors (Lipinski definition) is 0. The Balaban J connectivity index is 1.70. The summed E-state index contributed by atoms with van der Waals surface area (Å²) in [6, 6.07) is 12.2. The van der Waals surface area contributed by atoms with E-state index >= 15 is 0 Å². The zero-order valence-electron chi connectivity index (χ0n) is 13.1. The molecule has 0 N–H and O–H groups in total. The Hall–Kier alpha value is -2.53. The van der Waals surface area contributed by atoms with E-state index in [2.05, 4.69) is 0 Å². The van der Waals surface area contributed by atoms with E-state index in [4.69, 9.17) is 21.1 Å². The van der Waals surface area contributed by atoms with E-state index in [0.29, 0.717) is 29.6 Å². The summed E-state index contributed by atoms with van der Waals surface area (Å²) in [5.74, 6) is -0.269. The number of carbonyl (C=O) groups excluding carboxylic acids is 2. The molecule has 1 aliphatic rings. The molecule has 124 valence electrons. The third-order valence-corrected chi connectivity index (χ3v) is 4.03. The molecule has 0 spiro atoms. The maximum absolute atomic E-state index is 12.5. The topological polar surface area (TPSA) is 55.8 Å². The smallest absolute Gasteiger partial charge is 0.340 e. The Morgan fingerprint density at radius 3 is 2.83 bits per heavy atom. The summed E-state index contributed by atoms with van der Waals surface area (Å²) in [6.07, 6.45) is 0. The van der Waals surface area contributed by atoms with Crippen molar-refractivity contribution < 1.29 is 19.1 Å². The second-order valence-corrected chi connectivity index (χ2v) is 5.83. The van der Waals surface area contributed by atoms with Gasteiger partial charge in [0.25, 0.3) is 5.91 Å². The summed E-state index contributed by atoms with van der Waals surface area (Å²) >= 11 is 5.95. The summed E-state index contributed by atoms with van der Waals surface area (Å²) in [5, 5.41) is 0.294. The molecule has 0 saturated heterocycles. The molecule has 0 unspecified atom stereocenters. The highest BCUT2D eigenvalue weighted by Crippen LogP contribution is 2.32. The lowest BCUT2D eigenvalue weighted by Gasteiger charge is -2.29. The van der Waals surface area contributed by atoms with Gasteiger partial charge in [0.05, 0.1) is 22.8 Å². The summed E-state index contributed by atoms with van der Waals surface area (Å²) in [4.78, 5) is 26.1. The van der Waals surface area contributed by atoms with Crippen molar-refractivity contribution >= 4 is 29.2 Å². The van der Waals surface area contributed by atoms with Gasteiger partial charge in [-0.3, -0.25) is 4.79 Å². The van der Waals surface area contributed by atoms with Crippen molar-refractivity contribution in [2.45, 2.75) is 6.92 Å². The molecule has 24 heavy (non-hydrogen) atoms. The number of halogens is 1. The quantitative estimate of drug-likeness (QED) is 0.801. The number of rotatable bonds is 3. The fraction of sp³-hybridized carbons (Fsp3) is 0.222. The van der Waals surface area contributed by atoms with Crippen molar-refractivity contribution in [3.05, 3.63) is 58.6 Å². The molecule has 0 bridgehead atoms. The molecule has 5 nitrogen and oxygen atoms in total. The average molecular weight is 346 g/mol. The van der Waals surface area contributed by atoms with Gasteiger partial charge in [-0.25, -0.2) is 4.79 Å². The molecular formula is C18H16ClNO4. The average Bonchev–Trinajstić information content (AvgIpc) is 2.59. The summed E-state index contributed by atoms with van der Waals surface area (Å²) < 4.78 is 10.7. The zero-order valence-corrected chi connectivity index (χ0v) is 13.9. The molecule has 0 fully saturated rings. The van der Waals surface area contributed by atoms with Crippen LogP contribution in [0, 0.1) is 6.92 Å². The number of aryl methyl sites for hydroxylation is 1. The lowest BCUT2D eigenvalue weighted by atomic mass is 10.1. The van der Waals surface area contributed by atoms with Crippen molar-refractivity contribution in [2.24, 2.45) is 0 Å². The van der Waals surface area contributed by atoms with Gasteiger partial charge in [0.1, 0.15) is 12.4 Å². The highest BCUT2D eigenvalue weighted by molar-refractivity contribution is 6.33. The minimum absolute atomic E-state index is 0.241. The van der Waals surface area contributed by atoms with Gasteiger partial charge in [0.15, 0.2) is 6.61 Å². The summed E-state index contributed by atoms with van der Waals surface area (Å²) in [7, 11) is 0. The van der Waals surface area contributed by atoms with Crippen LogP contribution >= 0.6 is 11.6 Å². The molecule has 0 aromatic heterocycles. The largest absolute Gasteiger partial charge is 0.490 e. The van der Waals surface area contributed by atoms with Crippen LogP contribution in [0.1, 0.15) is 15.9 Å². The first kappa shape index (κ1) is 16.3. The van der Waals surface area contributed by atoms with Gasteiger partial charge < -0.3 is 14.4 Å². The molecule has 1 amide bonds. The normalized spacial score (nSPS) is 13.0. The van der Waals surface area contributed by atoms with Gasteiger partial charge in [0.2, 0.25) is 0 Å². The van der Waals surface area contributed by atoms with Crippen LogP contribution in [0.3, 0.4) is 0 Å². The molecule has 3 rings (SSSR count). The number of hydrogen-bond acceptors (Lipinski definition) is 4. The molecule has 2 aromatic carbocycles. The fourth-order valence-corrected chi connectivity index (χ4v) is 2.71. The van der Waals surface area contributed by atoms with Crippen LogP contribution in [0.5, 0.6) is 5.75 Å². The molecule has 0 radical (unpaired) electrons. The van der Waals surface area contributed by atoms with Crippen LogP contribution in [0.15, 0.2) is 42.5 Å². The first-order valence-electron chi connectivity index (χ1n) is 7.52. The van der Waals surface area contributed by atoms with Crippen LogP contribution in [0.2, 0.25) is 5.02 Å². The number of amides is 1. The van der Waals surface area contributed by atoms with Crippen molar-refractivity contribution in [1.82, 2.24) is 0 Å². The van der Waals surface area contributed by atoms with Crippen LogP contribution in [0.25, 0.3) is 0 Å². The highest BCUT2D eigenvalue weighted by Gasteiger charge is 2.25. The summed E-state index contributed by atoms with van der Waals surface area (Å²) in [6.45, 7) is 2.41. The standard InChI is InChI=1S/C18H16ClNO4/c1-12-6-7-16-15(10-12)20(8-9-23-16)17(21)11-24-18(22)13-4-2-3-5-14(13)19/h2-7,10H,8-9,11H2,1H3. The fourth-order valence-electron chi connectivity index (χ4n) is 2.50. The molecule has 0 atom stereocenters. The maximum atomic E-state index is 12.5. The third kappa shape index (κ3) is 3.36. The Labute approximate surface area is 144 Å². The molecule has 6 heteroatoms. The van der Waals surface area contributed by atoms with Gasteiger partial charge in [-0.05, 0) is 36.8 Å². The van der Waals surface area contributed by atoms with Crippen LogP contribution in [-0.2, 0) is 9.53 Å². The Morgan fingerprint density at radius 2 is 2.04 bits per heavy atom. The maximum Gasteiger partial charge on any atom is 0.340 e. The molecule has 2 aromatic rings. The molecular weight excluding hydrogens is 330 g/mol. The van der Waals surface area contributed by atoms with Crippen molar-refractivity contribution in [3.8, 4) is 5.75 Å².